The van der Waals surface area contributed by atoms with Crippen LogP contribution >= 0.6 is 0 Å². The van der Waals surface area contributed by atoms with E-state index in [-0.39, 0.29) is 57.5 Å². The van der Waals surface area contributed by atoms with E-state index in [1.807, 2.05) is 0 Å². The number of pyridine rings is 2. The van der Waals surface area contributed by atoms with Crippen LogP contribution < -0.4 is 34.9 Å². The first kappa shape index (κ1) is 56.4. The number of rotatable bonds is 17. The van der Waals surface area contributed by atoms with Gasteiger partial charge in [-0.1, -0.05) is 24.3 Å². The van der Waals surface area contributed by atoms with Crippen molar-refractivity contribution in [3.63, 3.8) is 0 Å². The number of ether oxygens (including phenoxy) is 4. The summed E-state index contributed by atoms with van der Waals surface area (Å²) in [7, 11) is 0. The molecule has 4 heterocycles. The second kappa shape index (κ2) is 22.6. The van der Waals surface area contributed by atoms with Crippen molar-refractivity contribution in [2.75, 3.05) is 23.7 Å². The molecule has 0 unspecified atom stereocenters. The van der Waals surface area contributed by atoms with Gasteiger partial charge in [-0.05, 0) is 86.3 Å². The predicted molar refractivity (Wildman–Crippen MR) is 263 cm³/mol. The first-order chi connectivity index (χ1) is 37.1. The van der Waals surface area contributed by atoms with E-state index in [1.54, 1.807) is 48.6 Å². The van der Waals surface area contributed by atoms with E-state index >= 15 is 0 Å². The van der Waals surface area contributed by atoms with E-state index < -0.39 is 68.5 Å². The van der Waals surface area contributed by atoms with Crippen LogP contribution in [0.25, 0.3) is 33.8 Å². The third kappa shape index (κ3) is 15.4. The number of nitrogens with zero attached hydrogens (tertiary/aromatic N) is 4. The van der Waals surface area contributed by atoms with E-state index in [9.17, 15) is 67.4 Å². The van der Waals surface area contributed by atoms with Gasteiger partial charge in [0.2, 0.25) is 0 Å². The predicted octanol–water partition coefficient (Wildman–Crippen LogP) is 14.3. The molecule has 0 spiro atoms. The number of benzene rings is 4. The number of anilines is 2. The molecule has 79 heavy (non-hydrogen) atoms. The summed E-state index contributed by atoms with van der Waals surface area (Å²) in [6.45, 7) is 2.50. The second-order valence-electron chi connectivity index (χ2n) is 17.8. The molecular weight excluding hydrogens is 1070 g/mol. The van der Waals surface area contributed by atoms with Gasteiger partial charge in [0.25, 0.3) is 5.91 Å². The van der Waals surface area contributed by atoms with Gasteiger partial charge in [0.15, 0.2) is 11.3 Å². The van der Waals surface area contributed by atoms with Crippen molar-refractivity contribution in [3.8, 4) is 57.0 Å². The Labute approximate surface area is 439 Å². The molecule has 0 radical (unpaired) electrons. The van der Waals surface area contributed by atoms with Gasteiger partial charge in [0.05, 0.1) is 66.0 Å². The van der Waals surface area contributed by atoms with Crippen molar-refractivity contribution in [2.24, 2.45) is 0 Å². The summed E-state index contributed by atoms with van der Waals surface area (Å²) in [6, 6.07) is 22.4. The lowest BCUT2D eigenvalue weighted by Crippen LogP contribution is -2.26. The second-order valence-corrected chi connectivity index (χ2v) is 17.8. The number of carbonyl (C=O) groups excluding carboxylic acids is 1. The number of fused-ring (bicyclic) bond motifs is 2. The lowest BCUT2D eigenvalue weighted by molar-refractivity contribution is -0.275. The molecule has 1 aliphatic rings. The Balaban J connectivity index is 0.000000209. The maximum absolute atomic E-state index is 12.8. The molecule has 1 saturated carbocycles. The number of carbonyl (C=O) groups is 2. The number of imidazole rings is 2. The Bertz CT molecular complexity index is 3520. The Hall–Kier alpha value is -8.84. The van der Waals surface area contributed by atoms with E-state index in [0.29, 0.717) is 44.9 Å². The number of carboxylic acids is 1. The van der Waals surface area contributed by atoms with Gasteiger partial charge in [-0.15, -0.1) is 26.3 Å². The van der Waals surface area contributed by atoms with Crippen LogP contribution in [0.5, 0.6) is 34.5 Å². The Kier molecular flexibility index (Phi) is 16.1. The van der Waals surface area contributed by atoms with Crippen molar-refractivity contribution in [1.29, 1.82) is 0 Å². The summed E-state index contributed by atoms with van der Waals surface area (Å²) in [4.78, 5) is 32.6. The molecule has 0 aliphatic heterocycles. The van der Waals surface area contributed by atoms with Gasteiger partial charge in [-0.25, -0.2) is 14.8 Å². The molecule has 4 aromatic heterocycles. The number of hydrogen-bond acceptors (Lipinski definition) is 10. The highest BCUT2D eigenvalue weighted by atomic mass is 19.4. The molecule has 1 fully saturated rings. The Morgan fingerprint density at radius 3 is 1.37 bits per heavy atom. The Morgan fingerprint density at radius 2 is 0.987 bits per heavy atom. The quantitative estimate of drug-likeness (QED) is 0.0642. The summed E-state index contributed by atoms with van der Waals surface area (Å²) >= 11 is 0. The number of halogens is 12. The van der Waals surface area contributed by atoms with Crippen molar-refractivity contribution in [2.45, 2.75) is 70.6 Å². The molecule has 0 atom stereocenters. The lowest BCUT2D eigenvalue weighted by atomic mass is 10.0. The van der Waals surface area contributed by atoms with Crippen LogP contribution in [0.1, 0.15) is 57.5 Å². The van der Waals surface area contributed by atoms with Crippen molar-refractivity contribution < 1.29 is 86.3 Å². The molecule has 9 rings (SSSR count). The maximum atomic E-state index is 12.8. The number of amides is 1. The SMILES string of the molecule is Cc1cc(-c2cnc3c(NCCC(F)(F)F)cc(Oc4cccc(OC(F)(F)F)c4)cn23)ccc1C(=O)NC1CC1.Cc1cc(-c2cnc3c(NCCC(F)(F)F)cc(Oc4cccc(OC(F)(F)F)c4)cn23)ccc1C(=O)O. The number of aryl methyl sites for hydroxylation is 2. The highest BCUT2D eigenvalue weighted by Crippen LogP contribution is 2.37. The summed E-state index contributed by atoms with van der Waals surface area (Å²) in [5, 5.41) is 17.7. The van der Waals surface area contributed by atoms with Gasteiger partial charge in [-0.2, -0.15) is 26.3 Å². The maximum Gasteiger partial charge on any atom is 0.573 e. The van der Waals surface area contributed by atoms with Crippen LogP contribution in [0.3, 0.4) is 0 Å². The van der Waals surface area contributed by atoms with Crippen LogP contribution in [0.2, 0.25) is 0 Å². The molecule has 26 heteroatoms. The van der Waals surface area contributed by atoms with E-state index in [0.717, 1.165) is 37.1 Å². The smallest absolute Gasteiger partial charge is 0.478 e. The summed E-state index contributed by atoms with van der Waals surface area (Å²) in [6.07, 6.45) is -12.9. The fraction of sp³-hybridized carbons (Fsp3) is 0.245. The zero-order valence-electron chi connectivity index (χ0n) is 41.1. The minimum absolute atomic E-state index is 0.0101. The normalized spacial score (nSPS) is 12.9. The highest BCUT2D eigenvalue weighted by Gasteiger charge is 2.33. The van der Waals surface area contributed by atoms with Crippen LogP contribution in [0.15, 0.2) is 122 Å². The molecule has 0 saturated heterocycles. The highest BCUT2D eigenvalue weighted by molar-refractivity contribution is 5.96. The van der Waals surface area contributed by atoms with Crippen LogP contribution in [0.4, 0.5) is 64.1 Å². The van der Waals surface area contributed by atoms with E-state index in [2.05, 4.69) is 35.4 Å². The van der Waals surface area contributed by atoms with E-state index in [1.165, 1.54) is 71.7 Å². The molecule has 4 aromatic carbocycles. The zero-order chi connectivity index (χ0) is 57.0. The number of carboxylic acid groups (broad SMARTS) is 1. The van der Waals surface area contributed by atoms with Crippen LogP contribution in [-0.2, 0) is 0 Å². The first-order valence-electron chi connectivity index (χ1n) is 23.6. The number of hydrogen-bond donors (Lipinski definition) is 4. The first-order valence-corrected chi connectivity index (χ1v) is 23.6. The topological polar surface area (TPSA) is 162 Å². The number of aromatic carboxylic acids is 1. The van der Waals surface area contributed by atoms with E-state index in [4.69, 9.17) is 9.47 Å². The third-order valence-corrected chi connectivity index (χ3v) is 11.6. The molecule has 14 nitrogen and oxygen atoms in total. The molecule has 8 aromatic rings. The number of nitrogens with one attached hydrogen (secondary N) is 3. The molecule has 0 bridgehead atoms. The zero-order valence-corrected chi connectivity index (χ0v) is 41.1. The van der Waals surface area contributed by atoms with Gasteiger partial charge < -0.3 is 40.0 Å². The standard InChI is InChI=1S/C28H24F6N4O3.C25H19F6N3O4/c1-16-11-17(5-8-22(16)26(39)37-18-6-7-18)24-14-36-25-23(35-10-9-27(29,30)31)13-21(15-38(24)25)40-19-3-2-4-20(12-19)41-28(32,33)34;1-14-9-15(5-6-19(14)23(35)36)21-12-33-22-20(32-8-7-24(26,27)28)11-18(13-34(21)22)37-16-3-2-4-17(10-16)38-25(29,30)31/h2-5,8,11-15,18,35H,6-7,9-10H2,1H3,(H,37,39);2-6,9-13,32H,7-8H2,1H3,(H,35,36). The van der Waals surface area contributed by atoms with Crippen molar-refractivity contribution in [3.05, 3.63) is 144 Å². The van der Waals surface area contributed by atoms with Gasteiger partial charge >= 0.3 is 31.0 Å². The average molecular weight is 1120 g/mol. The fourth-order valence-corrected chi connectivity index (χ4v) is 7.97. The molecular formula is C53H43F12N7O7. The molecule has 1 aliphatic carbocycles. The average Bonchev–Trinajstić information content (AvgIpc) is 3.92. The van der Waals surface area contributed by atoms with Gasteiger partial charge in [-0.3, -0.25) is 13.6 Å². The number of aromatic nitrogens is 4. The summed E-state index contributed by atoms with van der Waals surface area (Å²) in [5.74, 6) is -2.09. The van der Waals surface area contributed by atoms with Gasteiger partial charge in [0.1, 0.15) is 34.5 Å². The fourth-order valence-electron chi connectivity index (χ4n) is 7.97. The summed E-state index contributed by atoms with van der Waals surface area (Å²) in [5.41, 5.74) is 5.04. The minimum atomic E-state index is -4.91. The Morgan fingerprint density at radius 1 is 0.570 bits per heavy atom. The van der Waals surface area contributed by atoms with Crippen LogP contribution in [-0.4, -0.2) is 80.0 Å². The molecule has 4 N–H and O–H groups in total. The molecule has 1 amide bonds. The summed E-state index contributed by atoms with van der Waals surface area (Å²) < 4.78 is 175. The minimum Gasteiger partial charge on any atom is -0.478 e. The van der Waals surface area contributed by atoms with Crippen molar-refractivity contribution in [1.82, 2.24) is 24.1 Å². The van der Waals surface area contributed by atoms with Crippen molar-refractivity contribution >= 4 is 34.5 Å². The largest absolute Gasteiger partial charge is 0.573 e. The third-order valence-electron chi connectivity index (χ3n) is 11.6. The monoisotopic (exact) mass is 1120 g/mol. The van der Waals surface area contributed by atoms with Gasteiger partial charge in [0, 0.05) is 60.1 Å². The molecule has 416 valence electrons. The lowest BCUT2D eigenvalue weighted by Gasteiger charge is -2.15. The van der Waals surface area contributed by atoms with Crippen LogP contribution in [0, 0.1) is 13.8 Å². The number of alkyl halides is 12.